The maximum atomic E-state index is 13.6. The molecule has 2 atom stereocenters. The van der Waals surface area contributed by atoms with E-state index >= 15 is 0 Å². The molecular weight excluding hydrogens is 466 g/mol. The number of terminal acetylenes is 1. The largest absolute Gasteiger partial charge is 0.508 e. The number of nitrogens with zero attached hydrogens (tertiary/aromatic N) is 1. The average molecular weight is 504 g/mol. The molecule has 0 spiro atoms. The van der Waals surface area contributed by atoms with E-state index in [2.05, 4.69) is 16.7 Å². The number of phenols is 1. The van der Waals surface area contributed by atoms with E-state index in [-0.39, 0.29) is 11.8 Å². The molecule has 0 bridgehead atoms. The Morgan fingerprint density at radius 3 is 2.37 bits per heavy atom. The number of alkyl carbamates (subject to hydrolysis) is 1. The first-order valence-corrected chi connectivity index (χ1v) is 13.3. The number of hydrogen-bond donors (Lipinski definition) is 3. The highest BCUT2D eigenvalue weighted by atomic mass is 32.2. The van der Waals surface area contributed by atoms with Gasteiger partial charge in [0.15, 0.2) is 0 Å². The van der Waals surface area contributed by atoms with Crippen molar-refractivity contribution < 1.29 is 24.2 Å². The minimum Gasteiger partial charge on any atom is -0.508 e. The summed E-state index contributed by atoms with van der Waals surface area (Å²) in [6.45, 7) is 5.19. The topological polar surface area (TPSA) is 108 Å². The molecular formula is C26H37N3O5S. The fourth-order valence-electron chi connectivity index (χ4n) is 3.98. The fraction of sp³-hybridized carbons (Fsp3) is 0.577. The van der Waals surface area contributed by atoms with Crippen LogP contribution in [-0.4, -0.2) is 57.6 Å². The lowest BCUT2D eigenvalue weighted by Crippen LogP contribution is -2.52. The maximum absolute atomic E-state index is 13.6. The van der Waals surface area contributed by atoms with E-state index < -0.39 is 35.6 Å². The summed E-state index contributed by atoms with van der Waals surface area (Å²) >= 11 is 1.52. The number of carbonyl (C=O) groups excluding carboxylic acids is 3. The third kappa shape index (κ3) is 9.02. The molecule has 1 aromatic carbocycles. The minimum absolute atomic E-state index is 0.0118. The zero-order valence-electron chi connectivity index (χ0n) is 21.0. The Hall–Kier alpha value is -2.86. The highest BCUT2D eigenvalue weighted by Gasteiger charge is 2.36. The zero-order chi connectivity index (χ0) is 26.0. The van der Waals surface area contributed by atoms with E-state index in [1.165, 1.54) is 23.9 Å². The number of nitrogens with one attached hydrogen (secondary N) is 2. The van der Waals surface area contributed by atoms with Crippen LogP contribution >= 0.6 is 11.8 Å². The van der Waals surface area contributed by atoms with Gasteiger partial charge in [0.05, 0.1) is 0 Å². The van der Waals surface area contributed by atoms with Crippen LogP contribution in [0.2, 0.25) is 0 Å². The minimum atomic E-state index is -1.12. The third-order valence-electron chi connectivity index (χ3n) is 5.64. The molecule has 8 nitrogen and oxygen atoms in total. The number of hydrogen-bond acceptors (Lipinski definition) is 6. The van der Waals surface area contributed by atoms with Gasteiger partial charge in [-0.25, -0.2) is 4.79 Å². The molecule has 3 N–H and O–H groups in total. The number of thioether (sulfide) groups is 1. The number of benzene rings is 1. The van der Waals surface area contributed by atoms with Crippen LogP contribution in [0.5, 0.6) is 5.75 Å². The van der Waals surface area contributed by atoms with E-state index in [1.807, 2.05) is 6.26 Å². The van der Waals surface area contributed by atoms with E-state index in [1.54, 1.807) is 32.9 Å². The van der Waals surface area contributed by atoms with Crippen LogP contribution in [0.3, 0.4) is 0 Å². The summed E-state index contributed by atoms with van der Waals surface area (Å²) in [5, 5.41) is 15.4. The monoisotopic (exact) mass is 503 g/mol. The second kappa shape index (κ2) is 13.3. The van der Waals surface area contributed by atoms with Crippen LogP contribution in [0.4, 0.5) is 4.79 Å². The highest BCUT2D eigenvalue weighted by Crippen LogP contribution is 2.26. The van der Waals surface area contributed by atoms with Crippen molar-refractivity contribution in [3.8, 4) is 18.2 Å². The van der Waals surface area contributed by atoms with Gasteiger partial charge >= 0.3 is 6.09 Å². The molecule has 1 aliphatic carbocycles. The van der Waals surface area contributed by atoms with Crippen molar-refractivity contribution in [2.45, 2.75) is 83.0 Å². The molecule has 3 amide bonds. The Kier molecular flexibility index (Phi) is 10.8. The van der Waals surface area contributed by atoms with E-state index in [9.17, 15) is 19.5 Å². The summed E-state index contributed by atoms with van der Waals surface area (Å²) < 4.78 is 5.33. The number of ether oxygens (including phenoxy) is 1. The molecule has 2 rings (SSSR count). The Labute approximate surface area is 212 Å². The SMILES string of the molecule is C#CN(C(=O)C(CCSC)NC(=O)OC(C)(C)C)C(C(=O)NC1CCCCC1)c1ccc(O)cc1. The second-order valence-corrected chi connectivity index (χ2v) is 10.6. The lowest BCUT2D eigenvalue weighted by atomic mass is 9.94. The molecule has 192 valence electrons. The standard InChI is InChI=1S/C26H37N3O5S/c1-6-29(24(32)21(16-17-35-5)28-25(33)34-26(2,3)4)22(18-12-14-20(30)15-13-18)23(31)27-19-10-8-7-9-11-19/h1,12-15,19,21-22,30H,7-11,16-17H2,2-5H3,(H,27,31)(H,28,33). The summed E-state index contributed by atoms with van der Waals surface area (Å²) in [7, 11) is 0. The predicted molar refractivity (Wildman–Crippen MR) is 138 cm³/mol. The van der Waals surface area contributed by atoms with Crippen molar-refractivity contribution >= 4 is 29.7 Å². The quantitative estimate of drug-likeness (QED) is 0.348. The van der Waals surface area contributed by atoms with E-state index in [0.717, 1.165) is 37.0 Å². The summed E-state index contributed by atoms with van der Waals surface area (Å²) in [6, 6.07) is 6.31. The number of carbonyl (C=O) groups is 3. The molecule has 1 saturated carbocycles. The Morgan fingerprint density at radius 2 is 1.83 bits per heavy atom. The van der Waals surface area contributed by atoms with Crippen molar-refractivity contribution in [3.63, 3.8) is 0 Å². The first-order chi connectivity index (χ1) is 16.6. The van der Waals surface area contributed by atoms with Gasteiger partial charge in [0.25, 0.3) is 5.91 Å². The van der Waals surface area contributed by atoms with Gasteiger partial charge in [0, 0.05) is 12.1 Å². The van der Waals surface area contributed by atoms with Gasteiger partial charge in [0.1, 0.15) is 23.4 Å². The van der Waals surface area contributed by atoms with Crippen molar-refractivity contribution in [2.75, 3.05) is 12.0 Å². The van der Waals surface area contributed by atoms with Crippen LogP contribution in [-0.2, 0) is 14.3 Å². The van der Waals surface area contributed by atoms with Gasteiger partial charge in [-0.05, 0) is 69.7 Å². The summed E-state index contributed by atoms with van der Waals surface area (Å²) in [5.74, 6) is -0.356. The molecule has 0 aliphatic heterocycles. The van der Waals surface area contributed by atoms with Gasteiger partial charge in [-0.1, -0.05) is 37.8 Å². The van der Waals surface area contributed by atoms with Crippen molar-refractivity contribution in [1.82, 2.24) is 15.5 Å². The third-order valence-corrected chi connectivity index (χ3v) is 6.29. The number of phenolic OH excluding ortho intramolecular Hbond substituents is 1. The normalized spacial score (nSPS) is 15.9. The van der Waals surface area contributed by atoms with Gasteiger partial charge < -0.3 is 20.5 Å². The Bertz CT molecular complexity index is 901. The molecule has 0 radical (unpaired) electrons. The average Bonchev–Trinajstić information content (AvgIpc) is 2.80. The predicted octanol–water partition coefficient (Wildman–Crippen LogP) is 3.95. The Morgan fingerprint density at radius 1 is 1.20 bits per heavy atom. The summed E-state index contributed by atoms with van der Waals surface area (Å²) in [5.41, 5.74) is -0.277. The smallest absolute Gasteiger partial charge is 0.408 e. The van der Waals surface area contributed by atoms with Gasteiger partial charge in [-0.3, -0.25) is 14.5 Å². The zero-order valence-corrected chi connectivity index (χ0v) is 21.8. The lowest BCUT2D eigenvalue weighted by molar-refractivity contribution is -0.139. The molecule has 1 aliphatic rings. The molecule has 0 heterocycles. The van der Waals surface area contributed by atoms with Gasteiger partial charge in [0.2, 0.25) is 5.91 Å². The van der Waals surface area contributed by atoms with Crippen LogP contribution in [0.25, 0.3) is 0 Å². The van der Waals surface area contributed by atoms with Crippen molar-refractivity contribution in [3.05, 3.63) is 29.8 Å². The molecule has 0 aromatic heterocycles. The molecule has 35 heavy (non-hydrogen) atoms. The van der Waals surface area contributed by atoms with Crippen LogP contribution in [0.1, 0.15) is 70.9 Å². The van der Waals surface area contributed by atoms with Crippen LogP contribution < -0.4 is 10.6 Å². The number of amides is 3. The van der Waals surface area contributed by atoms with Gasteiger partial charge in [-0.15, -0.1) is 0 Å². The van der Waals surface area contributed by atoms with E-state index in [0.29, 0.717) is 17.7 Å². The van der Waals surface area contributed by atoms with Crippen LogP contribution in [0.15, 0.2) is 24.3 Å². The maximum Gasteiger partial charge on any atom is 0.408 e. The summed E-state index contributed by atoms with van der Waals surface area (Å²) in [6.07, 6.45) is 12.2. The van der Waals surface area contributed by atoms with Gasteiger partial charge in [-0.2, -0.15) is 11.8 Å². The Balaban J connectivity index is 2.34. The van der Waals surface area contributed by atoms with E-state index in [4.69, 9.17) is 11.2 Å². The number of rotatable bonds is 9. The lowest BCUT2D eigenvalue weighted by Gasteiger charge is -2.32. The van der Waals surface area contributed by atoms with Crippen molar-refractivity contribution in [2.24, 2.45) is 0 Å². The molecule has 1 aromatic rings. The molecule has 9 heteroatoms. The molecule has 2 unspecified atom stereocenters. The first kappa shape index (κ1) is 28.4. The first-order valence-electron chi connectivity index (χ1n) is 11.9. The summed E-state index contributed by atoms with van der Waals surface area (Å²) in [4.78, 5) is 40.6. The highest BCUT2D eigenvalue weighted by molar-refractivity contribution is 7.98. The van der Waals surface area contributed by atoms with Crippen molar-refractivity contribution in [1.29, 1.82) is 0 Å². The molecule has 1 fully saturated rings. The fourth-order valence-corrected chi connectivity index (χ4v) is 4.45. The second-order valence-electron chi connectivity index (χ2n) is 9.66. The molecule has 0 saturated heterocycles. The number of aromatic hydroxyl groups is 1. The van der Waals surface area contributed by atoms with Crippen LogP contribution in [0, 0.1) is 12.5 Å².